The molecule has 0 aromatic carbocycles. The van der Waals surface area contributed by atoms with E-state index in [0.717, 1.165) is 12.8 Å². The first-order chi connectivity index (χ1) is 8.33. The average Bonchev–Trinajstić information content (AvgIpc) is 2.22. The number of nitrogens with zero attached hydrogens (tertiary/aromatic N) is 2. The lowest BCUT2D eigenvalue weighted by Crippen LogP contribution is -2.27. The number of anilines is 2. The molecule has 0 spiro atoms. The molecule has 0 atom stereocenters. The Labute approximate surface area is 109 Å². The van der Waals surface area contributed by atoms with Crippen LogP contribution < -0.4 is 15.8 Å². The Hall–Kier alpha value is -1.52. The Balaban J connectivity index is 2.91. The van der Waals surface area contributed by atoms with Gasteiger partial charge in [0, 0.05) is 5.54 Å². The number of hydrogen-bond donors (Lipinski definition) is 2. The van der Waals surface area contributed by atoms with E-state index in [1.807, 2.05) is 6.92 Å². The number of unbranched alkanes of at least 4 members (excludes halogenated alkanes) is 1. The van der Waals surface area contributed by atoms with Crippen molar-refractivity contribution in [1.82, 2.24) is 9.97 Å². The zero-order valence-corrected chi connectivity index (χ0v) is 12.0. The van der Waals surface area contributed by atoms with Gasteiger partial charge in [-0.05, 0) is 34.1 Å². The van der Waals surface area contributed by atoms with Crippen molar-refractivity contribution in [3.63, 3.8) is 0 Å². The van der Waals surface area contributed by atoms with Crippen molar-refractivity contribution in [3.8, 4) is 5.88 Å². The number of ether oxygens (including phenoxy) is 1. The molecule has 1 rings (SSSR count). The van der Waals surface area contributed by atoms with Crippen molar-refractivity contribution in [2.45, 2.75) is 53.0 Å². The molecule has 0 bridgehead atoms. The first-order valence-corrected chi connectivity index (χ1v) is 6.38. The minimum absolute atomic E-state index is 0.102. The fraction of sp³-hybridized carbons (Fsp3) is 0.692. The number of hydrogen-bond acceptors (Lipinski definition) is 5. The molecule has 5 heteroatoms. The van der Waals surface area contributed by atoms with Gasteiger partial charge in [0.15, 0.2) is 5.82 Å². The number of aromatic nitrogens is 2. The minimum atomic E-state index is -0.102. The molecular formula is C13H24N4O. The molecule has 102 valence electrons. The molecule has 0 amide bonds. The third-order valence-electron chi connectivity index (χ3n) is 2.25. The predicted molar refractivity (Wildman–Crippen MR) is 75.0 cm³/mol. The van der Waals surface area contributed by atoms with E-state index >= 15 is 0 Å². The molecule has 0 aliphatic carbocycles. The Bertz CT molecular complexity index is 399. The van der Waals surface area contributed by atoms with Gasteiger partial charge >= 0.3 is 0 Å². The summed E-state index contributed by atoms with van der Waals surface area (Å²) in [6.45, 7) is 10.8. The second-order valence-electron chi connectivity index (χ2n) is 5.42. The summed E-state index contributed by atoms with van der Waals surface area (Å²) in [6.07, 6.45) is 2.07. The van der Waals surface area contributed by atoms with E-state index in [9.17, 15) is 0 Å². The van der Waals surface area contributed by atoms with Gasteiger partial charge < -0.3 is 15.8 Å². The number of nitrogens with two attached hydrogens (primary N) is 1. The summed E-state index contributed by atoms with van der Waals surface area (Å²) in [5.74, 6) is 1.77. The van der Waals surface area contributed by atoms with Gasteiger partial charge in [0.2, 0.25) is 5.88 Å². The van der Waals surface area contributed by atoms with Gasteiger partial charge in [-0.3, -0.25) is 0 Å². The summed E-state index contributed by atoms with van der Waals surface area (Å²) in [5.41, 5.74) is 6.41. The Morgan fingerprint density at radius 2 is 1.94 bits per heavy atom. The molecule has 0 saturated carbocycles. The number of nitrogens with one attached hydrogen (secondary N) is 1. The first kappa shape index (κ1) is 14.5. The third kappa shape index (κ3) is 4.39. The van der Waals surface area contributed by atoms with Crippen molar-refractivity contribution < 1.29 is 4.74 Å². The van der Waals surface area contributed by atoms with Gasteiger partial charge in [0.25, 0.3) is 0 Å². The summed E-state index contributed by atoms with van der Waals surface area (Å²) < 4.78 is 5.60. The molecule has 1 heterocycles. The number of aryl methyl sites for hydroxylation is 1. The molecule has 0 saturated heterocycles. The van der Waals surface area contributed by atoms with Crippen LogP contribution in [-0.4, -0.2) is 22.1 Å². The fourth-order valence-corrected chi connectivity index (χ4v) is 1.43. The van der Waals surface area contributed by atoms with Crippen LogP contribution in [0.5, 0.6) is 5.88 Å². The lowest BCUT2D eigenvalue weighted by Gasteiger charge is -2.23. The summed E-state index contributed by atoms with van der Waals surface area (Å²) in [4.78, 5) is 8.56. The molecular weight excluding hydrogens is 228 g/mol. The van der Waals surface area contributed by atoms with Crippen molar-refractivity contribution >= 4 is 11.5 Å². The van der Waals surface area contributed by atoms with Crippen LogP contribution in [0, 0.1) is 6.92 Å². The highest BCUT2D eigenvalue weighted by atomic mass is 16.5. The Kier molecular flexibility index (Phi) is 4.76. The third-order valence-corrected chi connectivity index (χ3v) is 2.25. The zero-order chi connectivity index (χ0) is 13.8. The number of nitrogen functional groups attached to an aromatic ring is 1. The lowest BCUT2D eigenvalue weighted by molar-refractivity contribution is 0.298. The van der Waals surface area contributed by atoms with Crippen LogP contribution in [0.4, 0.5) is 11.5 Å². The summed E-state index contributed by atoms with van der Waals surface area (Å²) in [5, 5.41) is 3.26. The molecule has 0 fully saturated rings. The highest BCUT2D eigenvalue weighted by molar-refractivity contribution is 5.67. The quantitative estimate of drug-likeness (QED) is 0.788. The normalized spacial score (nSPS) is 11.4. The van der Waals surface area contributed by atoms with Crippen LogP contribution in [0.1, 0.15) is 46.4 Å². The second-order valence-corrected chi connectivity index (χ2v) is 5.42. The minimum Gasteiger partial charge on any atom is -0.476 e. The maximum Gasteiger partial charge on any atom is 0.242 e. The van der Waals surface area contributed by atoms with E-state index in [2.05, 4.69) is 43.0 Å². The van der Waals surface area contributed by atoms with Crippen molar-refractivity contribution in [1.29, 1.82) is 0 Å². The largest absolute Gasteiger partial charge is 0.476 e. The SMILES string of the molecule is CCCCOc1nc(C)nc(NC(C)(C)C)c1N. The molecule has 0 radical (unpaired) electrons. The fourth-order valence-electron chi connectivity index (χ4n) is 1.43. The van der Waals surface area contributed by atoms with Gasteiger partial charge in [-0.15, -0.1) is 0 Å². The van der Waals surface area contributed by atoms with E-state index < -0.39 is 0 Å². The van der Waals surface area contributed by atoms with E-state index in [1.165, 1.54) is 0 Å². The number of rotatable bonds is 5. The molecule has 5 nitrogen and oxygen atoms in total. The Morgan fingerprint density at radius 1 is 1.28 bits per heavy atom. The maximum atomic E-state index is 6.03. The smallest absolute Gasteiger partial charge is 0.242 e. The van der Waals surface area contributed by atoms with Crippen LogP contribution in [0.2, 0.25) is 0 Å². The molecule has 0 aliphatic rings. The van der Waals surface area contributed by atoms with Gasteiger partial charge in [0.05, 0.1) is 6.61 Å². The zero-order valence-electron chi connectivity index (χ0n) is 12.0. The molecule has 0 unspecified atom stereocenters. The first-order valence-electron chi connectivity index (χ1n) is 6.38. The lowest BCUT2D eigenvalue weighted by atomic mass is 10.1. The van der Waals surface area contributed by atoms with Crippen LogP contribution in [0.3, 0.4) is 0 Å². The van der Waals surface area contributed by atoms with Crippen LogP contribution in [0.15, 0.2) is 0 Å². The summed E-state index contributed by atoms with van der Waals surface area (Å²) in [6, 6.07) is 0. The highest BCUT2D eigenvalue weighted by Gasteiger charge is 2.16. The average molecular weight is 252 g/mol. The Morgan fingerprint density at radius 3 is 2.50 bits per heavy atom. The molecule has 3 N–H and O–H groups in total. The monoisotopic (exact) mass is 252 g/mol. The summed E-state index contributed by atoms with van der Waals surface area (Å²) >= 11 is 0. The topological polar surface area (TPSA) is 73.1 Å². The highest BCUT2D eigenvalue weighted by Crippen LogP contribution is 2.28. The van der Waals surface area contributed by atoms with Crippen LogP contribution >= 0.6 is 0 Å². The maximum absolute atomic E-state index is 6.03. The van der Waals surface area contributed by atoms with Gasteiger partial charge in [-0.25, -0.2) is 4.98 Å². The van der Waals surface area contributed by atoms with Gasteiger partial charge in [-0.1, -0.05) is 13.3 Å². The van der Waals surface area contributed by atoms with Gasteiger partial charge in [-0.2, -0.15) is 4.98 Å². The van der Waals surface area contributed by atoms with Crippen molar-refractivity contribution in [3.05, 3.63) is 5.82 Å². The van der Waals surface area contributed by atoms with E-state index in [0.29, 0.717) is 29.8 Å². The van der Waals surface area contributed by atoms with Gasteiger partial charge in [0.1, 0.15) is 11.5 Å². The molecule has 1 aromatic heterocycles. The molecule has 0 aliphatic heterocycles. The van der Waals surface area contributed by atoms with Crippen molar-refractivity contribution in [2.75, 3.05) is 17.7 Å². The van der Waals surface area contributed by atoms with E-state index in [1.54, 1.807) is 0 Å². The summed E-state index contributed by atoms with van der Waals surface area (Å²) in [7, 11) is 0. The van der Waals surface area contributed by atoms with Crippen LogP contribution in [0.25, 0.3) is 0 Å². The molecule has 1 aromatic rings. The standard InChI is InChI=1S/C13H24N4O/c1-6-7-8-18-12-10(14)11(15-9(2)16-12)17-13(3,4)5/h6-8,14H2,1-5H3,(H,15,16,17). The van der Waals surface area contributed by atoms with E-state index in [4.69, 9.17) is 10.5 Å². The molecule has 18 heavy (non-hydrogen) atoms. The van der Waals surface area contributed by atoms with Crippen molar-refractivity contribution in [2.24, 2.45) is 0 Å². The van der Waals surface area contributed by atoms with E-state index in [-0.39, 0.29) is 5.54 Å². The predicted octanol–water partition coefficient (Wildman–Crippen LogP) is 2.76. The van der Waals surface area contributed by atoms with Crippen LogP contribution in [-0.2, 0) is 0 Å². The second kappa shape index (κ2) is 5.89.